The first-order valence-corrected chi connectivity index (χ1v) is 6.47. The van der Waals surface area contributed by atoms with Crippen LogP contribution in [0, 0.1) is 5.92 Å². The van der Waals surface area contributed by atoms with Crippen LogP contribution >= 0.6 is 12.2 Å². The summed E-state index contributed by atoms with van der Waals surface area (Å²) in [5.41, 5.74) is 2.80. The SMILES string of the molecule is CCC1CC/C(=C\c2ccccc2)CC1=S. The molecule has 0 radical (unpaired) electrons. The summed E-state index contributed by atoms with van der Waals surface area (Å²) in [6.07, 6.45) is 7.00. The minimum Gasteiger partial charge on any atom is -0.0890 e. The number of allylic oxidation sites excluding steroid dienone is 1. The van der Waals surface area contributed by atoms with E-state index in [-0.39, 0.29) is 0 Å². The third-order valence-electron chi connectivity index (χ3n) is 3.33. The van der Waals surface area contributed by atoms with Crippen molar-refractivity contribution in [1.82, 2.24) is 0 Å². The molecule has 1 aromatic carbocycles. The van der Waals surface area contributed by atoms with Gasteiger partial charge in [0.05, 0.1) is 0 Å². The van der Waals surface area contributed by atoms with Crippen LogP contribution in [0.5, 0.6) is 0 Å². The van der Waals surface area contributed by atoms with E-state index in [0.29, 0.717) is 5.92 Å². The smallest absolute Gasteiger partial charge is 0.000303 e. The molecule has 1 heteroatoms. The second-order valence-corrected chi connectivity index (χ2v) is 5.02. The standard InChI is InChI=1S/C15H18S/c1-2-14-9-8-13(11-15(14)16)10-12-6-4-3-5-7-12/h3-7,10,14H,2,8-9,11H2,1H3/b13-10+. The molecule has 0 heterocycles. The van der Waals surface area contributed by atoms with Gasteiger partial charge in [0, 0.05) is 6.42 Å². The summed E-state index contributed by atoms with van der Waals surface area (Å²) < 4.78 is 0. The molecule has 0 aromatic heterocycles. The van der Waals surface area contributed by atoms with Crippen molar-refractivity contribution in [2.75, 3.05) is 0 Å². The van der Waals surface area contributed by atoms with Crippen molar-refractivity contribution in [3.63, 3.8) is 0 Å². The lowest BCUT2D eigenvalue weighted by molar-refractivity contribution is 0.579. The Morgan fingerprint density at radius 2 is 2.06 bits per heavy atom. The maximum atomic E-state index is 5.48. The van der Waals surface area contributed by atoms with Crippen LogP contribution in [0.25, 0.3) is 6.08 Å². The van der Waals surface area contributed by atoms with Gasteiger partial charge in [-0.1, -0.05) is 61.1 Å². The Kier molecular flexibility index (Phi) is 3.89. The molecular formula is C15H18S. The lowest BCUT2D eigenvalue weighted by Crippen LogP contribution is -2.17. The Balaban J connectivity index is 2.08. The third kappa shape index (κ3) is 2.79. The molecule has 0 spiro atoms. The van der Waals surface area contributed by atoms with Gasteiger partial charge in [0.1, 0.15) is 0 Å². The number of rotatable bonds is 2. The molecule has 1 aliphatic rings. The Morgan fingerprint density at radius 1 is 1.31 bits per heavy atom. The molecule has 0 saturated heterocycles. The zero-order valence-corrected chi connectivity index (χ0v) is 10.6. The second kappa shape index (κ2) is 5.40. The van der Waals surface area contributed by atoms with Crippen molar-refractivity contribution >= 4 is 23.2 Å². The number of benzene rings is 1. The van der Waals surface area contributed by atoms with Crippen LogP contribution in [0.3, 0.4) is 0 Å². The monoisotopic (exact) mass is 230 g/mol. The van der Waals surface area contributed by atoms with Crippen molar-refractivity contribution in [3.8, 4) is 0 Å². The molecule has 16 heavy (non-hydrogen) atoms. The first kappa shape index (κ1) is 11.5. The number of thiocarbonyl (C=S) groups is 1. The van der Waals surface area contributed by atoms with E-state index in [2.05, 4.69) is 43.3 Å². The largest absolute Gasteiger partial charge is 0.0890 e. The molecule has 1 saturated carbocycles. The Hall–Kier alpha value is -0.950. The van der Waals surface area contributed by atoms with Crippen molar-refractivity contribution in [1.29, 1.82) is 0 Å². The predicted octanol–water partition coefficient (Wildman–Crippen LogP) is 4.65. The maximum absolute atomic E-state index is 5.48. The molecule has 1 atom stereocenters. The zero-order chi connectivity index (χ0) is 11.4. The van der Waals surface area contributed by atoms with Gasteiger partial charge in [-0.2, -0.15) is 0 Å². The molecule has 1 fully saturated rings. The van der Waals surface area contributed by atoms with Gasteiger partial charge in [-0.25, -0.2) is 0 Å². The number of hydrogen-bond acceptors (Lipinski definition) is 1. The molecule has 0 aliphatic heterocycles. The average Bonchev–Trinajstić information content (AvgIpc) is 2.31. The summed E-state index contributed by atoms with van der Waals surface area (Å²) in [5, 5.41) is 0. The van der Waals surface area contributed by atoms with E-state index in [0.717, 1.165) is 6.42 Å². The molecule has 84 valence electrons. The van der Waals surface area contributed by atoms with Crippen LogP contribution in [-0.4, -0.2) is 4.86 Å². The van der Waals surface area contributed by atoms with E-state index in [1.54, 1.807) is 0 Å². The van der Waals surface area contributed by atoms with Crippen LogP contribution in [0.1, 0.15) is 38.2 Å². The second-order valence-electron chi connectivity index (χ2n) is 4.50. The summed E-state index contributed by atoms with van der Waals surface area (Å²) in [6, 6.07) is 10.5. The average molecular weight is 230 g/mol. The van der Waals surface area contributed by atoms with E-state index in [1.807, 2.05) is 0 Å². The van der Waals surface area contributed by atoms with Gasteiger partial charge in [0.2, 0.25) is 0 Å². The maximum Gasteiger partial charge on any atom is 0.000303 e. The topological polar surface area (TPSA) is 0 Å². The normalized spacial score (nSPS) is 23.7. The zero-order valence-electron chi connectivity index (χ0n) is 9.78. The molecule has 0 bridgehead atoms. The lowest BCUT2D eigenvalue weighted by atomic mass is 9.83. The van der Waals surface area contributed by atoms with Crippen molar-refractivity contribution in [2.45, 2.75) is 32.6 Å². The highest BCUT2D eigenvalue weighted by Crippen LogP contribution is 2.29. The van der Waals surface area contributed by atoms with Crippen molar-refractivity contribution in [3.05, 3.63) is 41.5 Å². The van der Waals surface area contributed by atoms with Crippen LogP contribution in [0.2, 0.25) is 0 Å². The van der Waals surface area contributed by atoms with E-state index < -0.39 is 0 Å². The highest BCUT2D eigenvalue weighted by molar-refractivity contribution is 7.80. The van der Waals surface area contributed by atoms with E-state index in [1.165, 1.54) is 35.3 Å². The predicted molar refractivity (Wildman–Crippen MR) is 74.6 cm³/mol. The Morgan fingerprint density at radius 3 is 2.69 bits per heavy atom. The summed E-state index contributed by atoms with van der Waals surface area (Å²) >= 11 is 5.48. The highest BCUT2D eigenvalue weighted by atomic mass is 32.1. The summed E-state index contributed by atoms with van der Waals surface area (Å²) in [6.45, 7) is 2.24. The van der Waals surface area contributed by atoms with E-state index in [9.17, 15) is 0 Å². The molecule has 0 nitrogen and oxygen atoms in total. The fraction of sp³-hybridized carbons (Fsp3) is 0.400. The summed E-state index contributed by atoms with van der Waals surface area (Å²) in [5.74, 6) is 0.683. The van der Waals surface area contributed by atoms with Crippen molar-refractivity contribution in [2.24, 2.45) is 5.92 Å². The van der Waals surface area contributed by atoms with Crippen LogP contribution < -0.4 is 0 Å². The summed E-state index contributed by atoms with van der Waals surface area (Å²) in [4.78, 5) is 1.26. The van der Waals surface area contributed by atoms with Gasteiger partial charge < -0.3 is 0 Å². The quantitative estimate of drug-likeness (QED) is 0.666. The molecule has 1 aromatic rings. The fourth-order valence-electron chi connectivity index (χ4n) is 2.32. The first-order valence-electron chi connectivity index (χ1n) is 6.07. The Labute approximate surface area is 103 Å². The van der Waals surface area contributed by atoms with Gasteiger partial charge in [-0.05, 0) is 35.6 Å². The fourth-order valence-corrected chi connectivity index (χ4v) is 2.79. The summed E-state index contributed by atoms with van der Waals surface area (Å²) in [7, 11) is 0. The Bertz CT molecular complexity index is 389. The van der Waals surface area contributed by atoms with Crippen LogP contribution in [-0.2, 0) is 0 Å². The van der Waals surface area contributed by atoms with Gasteiger partial charge in [-0.3, -0.25) is 0 Å². The van der Waals surface area contributed by atoms with Gasteiger partial charge >= 0.3 is 0 Å². The molecule has 1 unspecified atom stereocenters. The molecular weight excluding hydrogens is 212 g/mol. The first-order chi connectivity index (χ1) is 7.79. The van der Waals surface area contributed by atoms with Crippen molar-refractivity contribution < 1.29 is 0 Å². The minimum atomic E-state index is 0.683. The number of hydrogen-bond donors (Lipinski definition) is 0. The molecule has 0 N–H and O–H groups in total. The lowest BCUT2D eigenvalue weighted by Gasteiger charge is -2.24. The molecule has 0 amide bonds. The van der Waals surface area contributed by atoms with Gasteiger partial charge in [-0.15, -0.1) is 0 Å². The minimum absolute atomic E-state index is 0.683. The highest BCUT2D eigenvalue weighted by Gasteiger charge is 2.19. The van der Waals surface area contributed by atoms with Gasteiger partial charge in [0.15, 0.2) is 0 Å². The molecule has 1 aliphatic carbocycles. The van der Waals surface area contributed by atoms with Gasteiger partial charge in [0.25, 0.3) is 0 Å². The van der Waals surface area contributed by atoms with Crippen LogP contribution in [0.4, 0.5) is 0 Å². The molecule has 2 rings (SSSR count). The van der Waals surface area contributed by atoms with E-state index in [4.69, 9.17) is 12.2 Å². The van der Waals surface area contributed by atoms with Crippen LogP contribution in [0.15, 0.2) is 35.9 Å². The third-order valence-corrected chi connectivity index (χ3v) is 3.81. The van der Waals surface area contributed by atoms with E-state index >= 15 is 0 Å².